The average Bonchev–Trinajstić information content (AvgIpc) is 2.21. The Hall–Kier alpha value is -1.02. The normalized spacial score (nSPS) is 10.2. The van der Waals surface area contributed by atoms with Crippen LogP contribution < -0.4 is 4.90 Å². The summed E-state index contributed by atoms with van der Waals surface area (Å²) in [5.41, 5.74) is 2.58. The van der Waals surface area contributed by atoms with Crippen molar-refractivity contribution in [3.63, 3.8) is 0 Å². The Morgan fingerprint density at radius 2 is 2.00 bits per heavy atom. The number of rotatable bonds is 5. The molecule has 0 aromatic heterocycles. The van der Waals surface area contributed by atoms with E-state index in [-0.39, 0.29) is 6.61 Å². The minimum Gasteiger partial charge on any atom is -0.396 e. The zero-order valence-electron chi connectivity index (χ0n) is 9.03. The van der Waals surface area contributed by atoms with Gasteiger partial charge in [-0.1, -0.05) is 18.2 Å². The number of nitrogens with zero attached hydrogens (tertiary/aromatic N) is 1. The van der Waals surface area contributed by atoms with Crippen LogP contribution in [0.15, 0.2) is 24.3 Å². The van der Waals surface area contributed by atoms with E-state index < -0.39 is 0 Å². The largest absolute Gasteiger partial charge is 0.396 e. The van der Waals surface area contributed by atoms with Gasteiger partial charge in [0.05, 0.1) is 0 Å². The molecule has 2 heteroatoms. The van der Waals surface area contributed by atoms with Crippen molar-refractivity contribution in [1.82, 2.24) is 0 Å². The maximum absolute atomic E-state index is 8.80. The van der Waals surface area contributed by atoms with Gasteiger partial charge in [0.1, 0.15) is 0 Å². The molecule has 1 aromatic rings. The molecule has 0 fully saturated rings. The molecule has 0 radical (unpaired) electrons. The molecule has 0 aliphatic carbocycles. The molecule has 0 bridgehead atoms. The molecule has 0 aliphatic heterocycles. The van der Waals surface area contributed by atoms with E-state index in [2.05, 4.69) is 43.0 Å². The topological polar surface area (TPSA) is 23.5 Å². The Kier molecular flexibility index (Phi) is 4.47. The lowest BCUT2D eigenvalue weighted by atomic mass is 10.2. The monoisotopic (exact) mass is 193 g/mol. The van der Waals surface area contributed by atoms with Crippen molar-refractivity contribution in [2.24, 2.45) is 0 Å². The van der Waals surface area contributed by atoms with Gasteiger partial charge in [-0.2, -0.15) is 0 Å². The summed E-state index contributed by atoms with van der Waals surface area (Å²) < 4.78 is 0. The van der Waals surface area contributed by atoms with Gasteiger partial charge < -0.3 is 10.0 Å². The lowest BCUT2D eigenvalue weighted by Crippen LogP contribution is -2.25. The first-order chi connectivity index (χ1) is 6.79. The van der Waals surface area contributed by atoms with E-state index >= 15 is 0 Å². The van der Waals surface area contributed by atoms with E-state index in [1.54, 1.807) is 0 Å². The molecule has 0 saturated carbocycles. The van der Waals surface area contributed by atoms with Gasteiger partial charge in [0, 0.05) is 25.4 Å². The van der Waals surface area contributed by atoms with Crippen molar-refractivity contribution in [2.75, 3.05) is 24.6 Å². The van der Waals surface area contributed by atoms with Crippen LogP contribution in [0.2, 0.25) is 0 Å². The number of anilines is 1. The maximum Gasteiger partial charge on any atom is 0.0447 e. The first-order valence-electron chi connectivity index (χ1n) is 5.21. The van der Waals surface area contributed by atoms with Gasteiger partial charge in [0.15, 0.2) is 0 Å². The molecule has 2 nitrogen and oxygen atoms in total. The van der Waals surface area contributed by atoms with Gasteiger partial charge in [0.2, 0.25) is 0 Å². The summed E-state index contributed by atoms with van der Waals surface area (Å²) in [5.74, 6) is 0. The van der Waals surface area contributed by atoms with Crippen LogP contribution in [0, 0.1) is 6.92 Å². The molecule has 1 N–H and O–H groups in total. The molecule has 1 aromatic carbocycles. The Bertz CT molecular complexity index is 273. The molecule has 0 amide bonds. The van der Waals surface area contributed by atoms with Crippen molar-refractivity contribution < 1.29 is 5.11 Å². The van der Waals surface area contributed by atoms with Gasteiger partial charge >= 0.3 is 0 Å². The third kappa shape index (κ3) is 2.74. The first kappa shape index (κ1) is 11.1. The molecular formula is C12H19NO. The summed E-state index contributed by atoms with van der Waals surface area (Å²) in [5, 5.41) is 8.80. The van der Waals surface area contributed by atoms with Crippen LogP contribution in [0.1, 0.15) is 18.9 Å². The van der Waals surface area contributed by atoms with Gasteiger partial charge in [0.25, 0.3) is 0 Å². The highest BCUT2D eigenvalue weighted by molar-refractivity contribution is 5.52. The number of benzene rings is 1. The Morgan fingerprint density at radius 1 is 1.29 bits per heavy atom. The highest BCUT2D eigenvalue weighted by Crippen LogP contribution is 2.18. The maximum atomic E-state index is 8.80. The van der Waals surface area contributed by atoms with Crippen LogP contribution in [-0.4, -0.2) is 24.8 Å². The number of hydrogen-bond acceptors (Lipinski definition) is 2. The molecular weight excluding hydrogens is 174 g/mol. The van der Waals surface area contributed by atoms with E-state index in [9.17, 15) is 0 Å². The van der Waals surface area contributed by atoms with Crippen molar-refractivity contribution >= 4 is 5.69 Å². The Balaban J connectivity index is 2.73. The summed E-state index contributed by atoms with van der Waals surface area (Å²) in [6, 6.07) is 8.37. The molecule has 0 spiro atoms. The second-order valence-corrected chi connectivity index (χ2v) is 3.44. The van der Waals surface area contributed by atoms with Crippen molar-refractivity contribution in [2.45, 2.75) is 20.3 Å². The van der Waals surface area contributed by atoms with E-state index in [0.29, 0.717) is 0 Å². The second kappa shape index (κ2) is 5.66. The highest BCUT2D eigenvalue weighted by atomic mass is 16.3. The second-order valence-electron chi connectivity index (χ2n) is 3.44. The third-order valence-electron chi connectivity index (χ3n) is 2.42. The molecule has 78 valence electrons. The zero-order valence-corrected chi connectivity index (χ0v) is 9.03. The van der Waals surface area contributed by atoms with Crippen molar-refractivity contribution in [3.05, 3.63) is 29.8 Å². The van der Waals surface area contributed by atoms with Gasteiger partial charge in [-0.15, -0.1) is 0 Å². The third-order valence-corrected chi connectivity index (χ3v) is 2.42. The fourth-order valence-electron chi connectivity index (χ4n) is 1.63. The van der Waals surface area contributed by atoms with E-state index in [0.717, 1.165) is 19.5 Å². The Morgan fingerprint density at radius 3 is 2.57 bits per heavy atom. The predicted octanol–water partition coefficient (Wildman–Crippen LogP) is 2.20. The molecule has 14 heavy (non-hydrogen) atoms. The van der Waals surface area contributed by atoms with E-state index in [1.807, 2.05) is 0 Å². The molecule has 0 aliphatic rings. The van der Waals surface area contributed by atoms with E-state index in [4.69, 9.17) is 5.11 Å². The van der Waals surface area contributed by atoms with Gasteiger partial charge in [-0.25, -0.2) is 0 Å². The van der Waals surface area contributed by atoms with Crippen LogP contribution in [0.25, 0.3) is 0 Å². The Labute approximate surface area is 86.2 Å². The van der Waals surface area contributed by atoms with Crippen molar-refractivity contribution in [1.29, 1.82) is 0 Å². The molecule has 0 saturated heterocycles. The lowest BCUT2D eigenvalue weighted by Gasteiger charge is -2.24. The summed E-state index contributed by atoms with van der Waals surface area (Å²) >= 11 is 0. The predicted molar refractivity (Wildman–Crippen MR) is 60.8 cm³/mol. The van der Waals surface area contributed by atoms with Crippen LogP contribution in [0.5, 0.6) is 0 Å². The SMILES string of the molecule is CCN(CCCO)c1ccccc1C. The fourth-order valence-corrected chi connectivity index (χ4v) is 1.63. The first-order valence-corrected chi connectivity index (χ1v) is 5.21. The van der Waals surface area contributed by atoms with Crippen LogP contribution in [-0.2, 0) is 0 Å². The minimum atomic E-state index is 0.266. The molecule has 0 unspecified atom stereocenters. The average molecular weight is 193 g/mol. The minimum absolute atomic E-state index is 0.266. The smallest absolute Gasteiger partial charge is 0.0447 e. The fraction of sp³-hybridized carbons (Fsp3) is 0.500. The summed E-state index contributed by atoms with van der Waals surface area (Å²) in [4.78, 5) is 2.30. The standard InChI is InChI=1S/C12H19NO/c1-3-13(9-6-10-14)12-8-5-4-7-11(12)2/h4-5,7-8,14H,3,6,9-10H2,1-2H3. The lowest BCUT2D eigenvalue weighted by molar-refractivity contribution is 0.289. The summed E-state index contributed by atoms with van der Waals surface area (Å²) in [6.07, 6.45) is 0.835. The van der Waals surface area contributed by atoms with Crippen molar-refractivity contribution in [3.8, 4) is 0 Å². The zero-order chi connectivity index (χ0) is 10.4. The summed E-state index contributed by atoms with van der Waals surface area (Å²) in [7, 11) is 0. The quantitative estimate of drug-likeness (QED) is 0.775. The highest BCUT2D eigenvalue weighted by Gasteiger charge is 2.05. The number of aryl methyl sites for hydroxylation is 1. The number of para-hydroxylation sites is 1. The van der Waals surface area contributed by atoms with Crippen LogP contribution in [0.3, 0.4) is 0 Å². The van der Waals surface area contributed by atoms with Gasteiger partial charge in [-0.3, -0.25) is 0 Å². The molecule has 0 heterocycles. The summed E-state index contributed by atoms with van der Waals surface area (Å²) in [6.45, 7) is 6.45. The number of aliphatic hydroxyl groups excluding tert-OH is 1. The molecule has 1 rings (SSSR count). The van der Waals surface area contributed by atoms with E-state index in [1.165, 1.54) is 11.3 Å². The molecule has 0 atom stereocenters. The van der Waals surface area contributed by atoms with Gasteiger partial charge in [-0.05, 0) is 31.9 Å². The number of aliphatic hydroxyl groups is 1. The van der Waals surface area contributed by atoms with Crippen LogP contribution in [0.4, 0.5) is 5.69 Å². The van der Waals surface area contributed by atoms with Crippen LogP contribution >= 0.6 is 0 Å². The number of hydrogen-bond donors (Lipinski definition) is 1.